The lowest BCUT2D eigenvalue weighted by Crippen LogP contribution is -2.45. The lowest BCUT2D eigenvalue weighted by Gasteiger charge is -2.38. The van der Waals surface area contributed by atoms with E-state index in [9.17, 15) is 4.79 Å². The van der Waals surface area contributed by atoms with Crippen LogP contribution in [0, 0.1) is 0 Å². The number of likely N-dealkylation sites (tertiary alicyclic amines) is 1. The molecule has 0 N–H and O–H groups in total. The molecule has 33 heavy (non-hydrogen) atoms. The van der Waals surface area contributed by atoms with Gasteiger partial charge in [-0.15, -0.1) is 11.3 Å². The van der Waals surface area contributed by atoms with Crippen molar-refractivity contribution in [2.24, 2.45) is 0 Å². The fraction of sp³-hybridized carbons (Fsp3) is 0.591. The first kappa shape index (κ1) is 26.2. The van der Waals surface area contributed by atoms with Gasteiger partial charge in [0.1, 0.15) is 11.4 Å². The van der Waals surface area contributed by atoms with Gasteiger partial charge in [-0.3, -0.25) is 9.30 Å². The topological polar surface area (TPSA) is 65.3 Å². The minimum absolute atomic E-state index is 0.0654. The summed E-state index contributed by atoms with van der Waals surface area (Å²) in [4.78, 5) is 20.9. The Balaban J connectivity index is 1.94. The number of nitrogens with zero attached hydrogens (tertiary/aromatic N) is 3. The van der Waals surface area contributed by atoms with Crippen molar-refractivity contribution >= 4 is 58.9 Å². The van der Waals surface area contributed by atoms with Crippen molar-refractivity contribution in [1.29, 1.82) is 0 Å². The molecule has 1 unspecified atom stereocenters. The Kier molecular flexibility index (Phi) is 8.31. The van der Waals surface area contributed by atoms with E-state index in [0.29, 0.717) is 17.3 Å². The number of thiocarbonyl (C=S) groups is 1. The minimum atomic E-state index is -2.03. The molecule has 0 aromatic carbocycles. The number of fused-ring (bicyclic) bond motifs is 1. The van der Waals surface area contributed by atoms with E-state index in [1.54, 1.807) is 28.6 Å². The van der Waals surface area contributed by atoms with Crippen LogP contribution in [0.3, 0.4) is 0 Å². The molecule has 7 nitrogen and oxygen atoms in total. The SMILES string of the molecule is C=CCOC(=O)N1C[C@H](O[Si](C)(C)C(C)(C)C)C[C@H]1C(OC(=S)SC)c1cn2cncc2s1. The fourth-order valence-corrected chi connectivity index (χ4v) is 6.29. The Labute approximate surface area is 210 Å². The van der Waals surface area contributed by atoms with Crippen molar-refractivity contribution < 1.29 is 18.7 Å². The number of rotatable bonds is 7. The van der Waals surface area contributed by atoms with Crippen LogP contribution in [-0.2, 0) is 13.9 Å². The summed E-state index contributed by atoms with van der Waals surface area (Å²) in [7, 11) is -2.03. The van der Waals surface area contributed by atoms with Crippen LogP contribution in [-0.4, -0.2) is 64.6 Å². The lowest BCUT2D eigenvalue weighted by atomic mass is 10.1. The summed E-state index contributed by atoms with van der Waals surface area (Å²) < 4.78 is 20.8. The van der Waals surface area contributed by atoms with Crippen molar-refractivity contribution in [3.8, 4) is 0 Å². The largest absolute Gasteiger partial charge is 0.467 e. The van der Waals surface area contributed by atoms with E-state index < -0.39 is 20.5 Å². The Morgan fingerprint density at radius 3 is 2.82 bits per heavy atom. The normalized spacial score (nSPS) is 20.1. The molecule has 2 aromatic rings. The molecule has 0 bridgehead atoms. The molecule has 3 rings (SSSR count). The molecule has 0 radical (unpaired) electrons. The van der Waals surface area contributed by atoms with Gasteiger partial charge in [-0.1, -0.05) is 45.2 Å². The van der Waals surface area contributed by atoms with E-state index in [-0.39, 0.29) is 23.8 Å². The number of hydrogen-bond acceptors (Lipinski definition) is 8. The van der Waals surface area contributed by atoms with E-state index in [1.807, 2.05) is 23.1 Å². The number of aromatic nitrogens is 2. The lowest BCUT2D eigenvalue weighted by molar-refractivity contribution is 0.0658. The van der Waals surface area contributed by atoms with Gasteiger partial charge in [0.05, 0.1) is 29.5 Å². The molecule has 1 aliphatic heterocycles. The second-order valence-corrected chi connectivity index (χ2v) is 16.8. The molecular formula is C22H33N3O4S3Si. The molecule has 3 atom stereocenters. The van der Waals surface area contributed by atoms with Gasteiger partial charge in [0.25, 0.3) is 0 Å². The Morgan fingerprint density at radius 1 is 1.48 bits per heavy atom. The van der Waals surface area contributed by atoms with Crippen LogP contribution in [0.2, 0.25) is 18.1 Å². The molecule has 1 saturated heterocycles. The maximum Gasteiger partial charge on any atom is 0.410 e. The number of carbonyl (C=O) groups is 1. The minimum Gasteiger partial charge on any atom is -0.467 e. The predicted molar refractivity (Wildman–Crippen MR) is 142 cm³/mol. The van der Waals surface area contributed by atoms with Crippen LogP contribution >= 0.6 is 35.3 Å². The summed E-state index contributed by atoms with van der Waals surface area (Å²) in [5, 5.41) is 0.0654. The molecule has 1 fully saturated rings. The fourth-order valence-electron chi connectivity index (χ4n) is 3.58. The Hall–Kier alpha value is -1.40. The monoisotopic (exact) mass is 527 g/mol. The summed E-state index contributed by atoms with van der Waals surface area (Å²) in [6.07, 6.45) is 8.73. The maximum absolute atomic E-state index is 13.0. The number of hydrogen-bond donors (Lipinski definition) is 0. The van der Waals surface area contributed by atoms with Crippen LogP contribution in [0.4, 0.5) is 4.79 Å². The summed E-state index contributed by atoms with van der Waals surface area (Å²) in [6, 6.07) is -0.279. The van der Waals surface area contributed by atoms with Gasteiger partial charge < -0.3 is 13.9 Å². The first-order valence-electron chi connectivity index (χ1n) is 10.8. The molecule has 2 aromatic heterocycles. The molecular weight excluding hydrogens is 495 g/mol. The van der Waals surface area contributed by atoms with E-state index in [4.69, 9.17) is 26.1 Å². The standard InChI is InChI=1S/C22H33N3O4S3Si/c1-8-9-27-20(26)25-12-15(29-33(6,7)22(2,3)4)10-16(25)19(28-21(30)31-5)17-13-24-14-23-11-18(24)32-17/h8,11,13-16,19H,1,9-10,12H2,2-7H3/t15-,16+,19?/m1/s1. The van der Waals surface area contributed by atoms with Crippen LogP contribution in [0.25, 0.3) is 4.83 Å². The van der Waals surface area contributed by atoms with E-state index in [0.717, 1.165) is 9.71 Å². The second-order valence-electron chi connectivity index (χ2n) is 9.59. The number of imidazole rings is 1. The summed E-state index contributed by atoms with van der Waals surface area (Å²) in [6.45, 7) is 15.4. The Bertz CT molecular complexity index is 972. The summed E-state index contributed by atoms with van der Waals surface area (Å²) in [5.41, 5.74) is 0. The van der Waals surface area contributed by atoms with Gasteiger partial charge in [-0.2, -0.15) is 0 Å². The predicted octanol–water partition coefficient (Wildman–Crippen LogP) is 5.89. The van der Waals surface area contributed by atoms with Crippen molar-refractivity contribution in [3.05, 3.63) is 36.3 Å². The van der Waals surface area contributed by atoms with Crippen molar-refractivity contribution in [1.82, 2.24) is 14.3 Å². The molecule has 0 spiro atoms. The average Bonchev–Trinajstić information content (AvgIpc) is 3.43. The molecule has 3 heterocycles. The number of thiazole rings is 1. The van der Waals surface area contributed by atoms with Crippen molar-refractivity contribution in [2.75, 3.05) is 19.4 Å². The molecule has 0 saturated carbocycles. The summed E-state index contributed by atoms with van der Waals surface area (Å²) >= 11 is 8.38. The smallest absolute Gasteiger partial charge is 0.410 e. The first-order chi connectivity index (χ1) is 15.5. The number of ether oxygens (including phenoxy) is 2. The van der Waals surface area contributed by atoms with Crippen molar-refractivity contribution in [3.63, 3.8) is 0 Å². The summed E-state index contributed by atoms with van der Waals surface area (Å²) in [5.74, 6) is 0. The third kappa shape index (κ3) is 6.00. The average molecular weight is 528 g/mol. The zero-order valence-corrected chi connectivity index (χ0v) is 23.5. The maximum atomic E-state index is 13.0. The molecule has 1 amide bonds. The van der Waals surface area contributed by atoms with Crippen molar-refractivity contribution in [2.45, 2.75) is 63.6 Å². The van der Waals surface area contributed by atoms with Crippen LogP contribution in [0.15, 0.2) is 31.4 Å². The van der Waals surface area contributed by atoms with Gasteiger partial charge in [0, 0.05) is 12.7 Å². The van der Waals surface area contributed by atoms with Crippen LogP contribution < -0.4 is 0 Å². The zero-order valence-electron chi connectivity index (χ0n) is 20.1. The van der Waals surface area contributed by atoms with Gasteiger partial charge in [-0.05, 0) is 43.0 Å². The highest BCUT2D eigenvalue weighted by Crippen LogP contribution is 2.42. The third-order valence-electron chi connectivity index (χ3n) is 6.27. The van der Waals surface area contributed by atoms with Gasteiger partial charge in [0.15, 0.2) is 14.4 Å². The second kappa shape index (κ2) is 10.5. The molecule has 0 aliphatic carbocycles. The zero-order chi connectivity index (χ0) is 24.4. The number of carbonyl (C=O) groups excluding carboxylic acids is 1. The van der Waals surface area contributed by atoms with Crippen LogP contribution in [0.5, 0.6) is 0 Å². The van der Waals surface area contributed by atoms with Gasteiger partial charge in [0.2, 0.25) is 4.38 Å². The third-order valence-corrected chi connectivity index (χ3v) is 12.9. The van der Waals surface area contributed by atoms with E-state index in [1.165, 1.54) is 11.8 Å². The van der Waals surface area contributed by atoms with Gasteiger partial charge >= 0.3 is 6.09 Å². The van der Waals surface area contributed by atoms with Crippen LogP contribution in [0.1, 0.15) is 38.2 Å². The first-order valence-corrected chi connectivity index (χ1v) is 16.2. The highest BCUT2D eigenvalue weighted by atomic mass is 32.2. The molecule has 11 heteroatoms. The highest BCUT2D eigenvalue weighted by molar-refractivity contribution is 8.22. The van der Waals surface area contributed by atoms with E-state index >= 15 is 0 Å². The number of amides is 1. The molecule has 1 aliphatic rings. The number of thioether (sulfide) groups is 1. The quantitative estimate of drug-likeness (QED) is 0.253. The Morgan fingerprint density at radius 2 is 2.21 bits per heavy atom. The highest BCUT2D eigenvalue weighted by Gasteiger charge is 2.47. The van der Waals surface area contributed by atoms with E-state index in [2.05, 4.69) is 45.4 Å². The molecule has 182 valence electrons. The van der Waals surface area contributed by atoms with Gasteiger partial charge in [-0.25, -0.2) is 9.78 Å².